The smallest absolute Gasteiger partial charge is 0.381 e. The molecule has 1 rings (SSSR count). The second-order valence-corrected chi connectivity index (χ2v) is 2.14. The summed E-state index contributed by atoms with van der Waals surface area (Å²) >= 11 is 0. The van der Waals surface area contributed by atoms with E-state index in [0.29, 0.717) is 5.70 Å². The molecule has 4 heteroatoms. The van der Waals surface area contributed by atoms with Crippen molar-refractivity contribution in [2.24, 2.45) is 0 Å². The molecule has 0 atom stereocenters. The van der Waals surface area contributed by atoms with Crippen LogP contribution in [0, 0.1) is 5.39 Å². The van der Waals surface area contributed by atoms with E-state index in [0.717, 1.165) is 13.0 Å². The minimum Gasteiger partial charge on any atom is -1.00 e. The van der Waals surface area contributed by atoms with Crippen LogP contribution >= 0.6 is 0 Å². The van der Waals surface area contributed by atoms with Crippen molar-refractivity contribution in [3.05, 3.63) is 29.1 Å². The van der Waals surface area contributed by atoms with E-state index in [4.69, 9.17) is 5.39 Å². The molecule has 11 heavy (non-hydrogen) atoms. The summed E-state index contributed by atoms with van der Waals surface area (Å²) in [5, 5.41) is 8.40. The van der Waals surface area contributed by atoms with Crippen LogP contribution in [-0.2, 0) is 0 Å². The molecule has 1 heterocycles. The van der Waals surface area contributed by atoms with Gasteiger partial charge < -0.3 is 21.9 Å². The first-order chi connectivity index (χ1) is 4.86. The largest absolute Gasteiger partial charge is 1.00 e. The predicted molar refractivity (Wildman–Crippen MR) is 39.3 cm³/mol. The maximum absolute atomic E-state index is 8.40. The van der Waals surface area contributed by atoms with Crippen molar-refractivity contribution in [1.29, 1.82) is 5.39 Å². The predicted octanol–water partition coefficient (Wildman–Crippen LogP) is -1.08. The van der Waals surface area contributed by atoms with Gasteiger partial charge in [-0.2, -0.15) is 0 Å². The fourth-order valence-electron chi connectivity index (χ4n) is 0.859. The first kappa shape index (κ1) is 10.2. The Bertz CT molecular complexity index is 214. The lowest BCUT2D eigenvalue weighted by atomic mass is 10.3. The van der Waals surface area contributed by atoms with Crippen LogP contribution in [0.1, 0.15) is 13.3 Å². The van der Waals surface area contributed by atoms with Gasteiger partial charge in [-0.3, -0.25) is 0 Å². The van der Waals surface area contributed by atoms with Crippen LogP contribution in [0.5, 0.6) is 0 Å². The van der Waals surface area contributed by atoms with E-state index in [9.17, 15) is 0 Å². The first-order valence-electron chi connectivity index (χ1n) is 3.35. The summed E-state index contributed by atoms with van der Waals surface area (Å²) in [4.78, 5) is 5.08. The Morgan fingerprint density at radius 1 is 1.73 bits per heavy atom. The molecule has 0 radical (unpaired) electrons. The quantitative estimate of drug-likeness (QED) is 0.522. The SMILES string of the molecule is CCN1C=CCC([N+]#N)=C1.[Br-]. The molecule has 0 bridgehead atoms. The molecule has 0 aromatic heterocycles. The zero-order valence-electron chi connectivity index (χ0n) is 6.37. The molecular formula is C7H10BrN3. The van der Waals surface area contributed by atoms with Crippen LogP contribution < -0.4 is 17.0 Å². The molecule has 0 fully saturated rings. The number of allylic oxidation sites excluding steroid dienone is 1. The van der Waals surface area contributed by atoms with E-state index in [2.05, 4.69) is 4.98 Å². The topological polar surface area (TPSA) is 31.4 Å². The van der Waals surface area contributed by atoms with E-state index in [1.165, 1.54) is 0 Å². The van der Waals surface area contributed by atoms with E-state index in [-0.39, 0.29) is 17.0 Å². The summed E-state index contributed by atoms with van der Waals surface area (Å²) < 4.78 is 0. The first-order valence-corrected chi connectivity index (χ1v) is 3.35. The van der Waals surface area contributed by atoms with Crippen molar-refractivity contribution in [3.63, 3.8) is 0 Å². The number of diazo groups is 1. The van der Waals surface area contributed by atoms with Gasteiger partial charge in [0.25, 0.3) is 0 Å². The maximum atomic E-state index is 8.40. The summed E-state index contributed by atoms with van der Waals surface area (Å²) in [6.07, 6.45) is 6.51. The van der Waals surface area contributed by atoms with Gasteiger partial charge in [-0.25, -0.2) is 0 Å². The fraction of sp³-hybridized carbons (Fsp3) is 0.429. The van der Waals surface area contributed by atoms with Crippen molar-refractivity contribution in [2.75, 3.05) is 6.54 Å². The highest BCUT2D eigenvalue weighted by atomic mass is 79.9. The highest BCUT2D eigenvalue weighted by Crippen LogP contribution is 2.11. The van der Waals surface area contributed by atoms with Gasteiger partial charge in [-0.15, -0.1) is 0 Å². The van der Waals surface area contributed by atoms with Gasteiger partial charge in [-0.1, -0.05) is 6.08 Å². The molecule has 0 aliphatic carbocycles. The molecule has 1 aliphatic heterocycles. The van der Waals surface area contributed by atoms with Crippen LogP contribution in [0.3, 0.4) is 0 Å². The summed E-state index contributed by atoms with van der Waals surface area (Å²) in [6, 6.07) is 0. The Hall–Kier alpha value is -0.820. The van der Waals surface area contributed by atoms with Crippen LogP contribution in [0.15, 0.2) is 24.2 Å². The van der Waals surface area contributed by atoms with Gasteiger partial charge in [0.2, 0.25) is 5.39 Å². The fourth-order valence-corrected chi connectivity index (χ4v) is 0.859. The lowest BCUT2D eigenvalue weighted by Crippen LogP contribution is -3.00. The Kier molecular flexibility index (Phi) is 4.55. The number of hydrogen-bond acceptors (Lipinski definition) is 2. The van der Waals surface area contributed by atoms with E-state index in [1.54, 1.807) is 0 Å². The van der Waals surface area contributed by atoms with Gasteiger partial charge in [0.1, 0.15) is 0 Å². The van der Waals surface area contributed by atoms with Crippen molar-refractivity contribution < 1.29 is 17.0 Å². The average molecular weight is 216 g/mol. The third-order valence-electron chi connectivity index (χ3n) is 1.43. The van der Waals surface area contributed by atoms with Gasteiger partial charge >= 0.3 is 5.70 Å². The highest BCUT2D eigenvalue weighted by Gasteiger charge is 2.12. The van der Waals surface area contributed by atoms with Crippen molar-refractivity contribution in [3.8, 4) is 0 Å². The molecule has 0 aromatic rings. The molecular weight excluding hydrogens is 206 g/mol. The standard InChI is InChI=1S/C7H10N3.BrH/c1-2-10-5-3-4-7(6-10)9-8;/h3,5-6H,2,4H2,1H3;1H/q+1;/p-1. The van der Waals surface area contributed by atoms with Gasteiger partial charge in [0.05, 0.1) is 12.6 Å². The van der Waals surface area contributed by atoms with Gasteiger partial charge in [-0.05, 0) is 6.92 Å². The molecule has 0 amide bonds. The number of rotatable bonds is 1. The molecule has 0 saturated carbocycles. The van der Waals surface area contributed by atoms with Crippen molar-refractivity contribution in [1.82, 2.24) is 4.90 Å². The highest BCUT2D eigenvalue weighted by molar-refractivity contribution is 5.17. The lowest BCUT2D eigenvalue weighted by molar-refractivity contribution is -0.00000238. The second-order valence-electron chi connectivity index (χ2n) is 2.14. The van der Waals surface area contributed by atoms with E-state index >= 15 is 0 Å². The Labute approximate surface area is 76.8 Å². The second kappa shape index (κ2) is 4.91. The van der Waals surface area contributed by atoms with Gasteiger partial charge in [0.15, 0.2) is 4.98 Å². The zero-order valence-corrected chi connectivity index (χ0v) is 7.95. The molecule has 0 N–H and O–H groups in total. The maximum Gasteiger partial charge on any atom is 0.381 e. The molecule has 3 nitrogen and oxygen atoms in total. The van der Waals surface area contributed by atoms with Crippen LogP contribution in [0.4, 0.5) is 0 Å². The number of hydrogen-bond donors (Lipinski definition) is 0. The normalized spacial score (nSPS) is 14.9. The van der Waals surface area contributed by atoms with Crippen LogP contribution in [0.25, 0.3) is 4.98 Å². The monoisotopic (exact) mass is 215 g/mol. The molecule has 0 unspecified atom stereocenters. The van der Waals surface area contributed by atoms with Crippen molar-refractivity contribution in [2.45, 2.75) is 13.3 Å². The third-order valence-corrected chi connectivity index (χ3v) is 1.43. The summed E-state index contributed by atoms with van der Waals surface area (Å²) in [5.41, 5.74) is 0.712. The third kappa shape index (κ3) is 2.72. The van der Waals surface area contributed by atoms with Gasteiger partial charge in [0, 0.05) is 12.7 Å². The Morgan fingerprint density at radius 2 is 2.45 bits per heavy atom. The molecule has 0 spiro atoms. The lowest BCUT2D eigenvalue weighted by Gasteiger charge is -2.11. The summed E-state index contributed by atoms with van der Waals surface area (Å²) in [6.45, 7) is 2.96. The summed E-state index contributed by atoms with van der Waals surface area (Å²) in [7, 11) is 0. The average Bonchev–Trinajstić information content (AvgIpc) is 2.05. The van der Waals surface area contributed by atoms with E-state index in [1.807, 2.05) is 30.3 Å². The molecule has 60 valence electrons. The number of halogens is 1. The Morgan fingerprint density at radius 3 is 3.00 bits per heavy atom. The van der Waals surface area contributed by atoms with Crippen molar-refractivity contribution >= 4 is 0 Å². The van der Waals surface area contributed by atoms with Crippen LogP contribution in [-0.4, -0.2) is 11.4 Å². The molecule has 0 aromatic carbocycles. The minimum atomic E-state index is 0. The van der Waals surface area contributed by atoms with Crippen LogP contribution in [0.2, 0.25) is 0 Å². The van der Waals surface area contributed by atoms with E-state index < -0.39 is 0 Å². The number of nitrogens with zero attached hydrogens (tertiary/aromatic N) is 3. The minimum absolute atomic E-state index is 0. The molecule has 0 saturated heterocycles. The summed E-state index contributed by atoms with van der Waals surface area (Å²) in [5.74, 6) is 0. The zero-order chi connectivity index (χ0) is 7.40. The molecule has 1 aliphatic rings. The Balaban J connectivity index is 0.000001000.